The molecule has 0 saturated carbocycles. The van der Waals surface area contributed by atoms with Crippen LogP contribution in [0.25, 0.3) is 0 Å². The maximum Gasteiger partial charge on any atom is 0.437 e. The Labute approximate surface area is 192 Å². The Balaban J connectivity index is 1.77. The molecule has 0 N–H and O–H groups in total. The van der Waals surface area contributed by atoms with Gasteiger partial charge >= 0.3 is 6.18 Å². The maximum absolute atomic E-state index is 13.0. The highest BCUT2D eigenvalue weighted by Gasteiger charge is 2.37. The van der Waals surface area contributed by atoms with Crippen LogP contribution < -0.4 is 9.47 Å². The number of hydrogen-bond donors (Lipinski definition) is 0. The number of allylic oxidation sites excluding steroid dienone is 1. The molecule has 0 aliphatic rings. The van der Waals surface area contributed by atoms with E-state index in [0.717, 1.165) is 35.3 Å². The average molecular weight is 466 g/mol. The summed E-state index contributed by atoms with van der Waals surface area (Å²) in [6.07, 6.45) is -0.138. The monoisotopic (exact) mass is 465 g/mol. The van der Waals surface area contributed by atoms with Gasteiger partial charge in [0.05, 0.1) is 13.2 Å². The van der Waals surface area contributed by atoms with Crippen LogP contribution in [0.1, 0.15) is 29.2 Å². The van der Waals surface area contributed by atoms with Gasteiger partial charge in [-0.3, -0.25) is 0 Å². The highest BCUT2D eigenvalue weighted by atomic mass is 19.4. The minimum Gasteiger partial charge on any atom is -0.491 e. The molecule has 2 aromatic rings. The van der Waals surface area contributed by atoms with Gasteiger partial charge in [-0.2, -0.15) is 13.2 Å². The van der Waals surface area contributed by atoms with Gasteiger partial charge in [-0.05, 0) is 56.0 Å². The first-order valence-corrected chi connectivity index (χ1v) is 10.6. The van der Waals surface area contributed by atoms with Gasteiger partial charge in [-0.15, -0.1) is 0 Å². The second kappa shape index (κ2) is 12.9. The van der Waals surface area contributed by atoms with Crippen LogP contribution >= 0.6 is 0 Å². The molecular formula is C25H30F3NO4. The lowest BCUT2D eigenvalue weighted by molar-refractivity contribution is -0.0608. The van der Waals surface area contributed by atoms with Crippen molar-refractivity contribution < 1.29 is 32.2 Å². The number of aryl methyl sites for hydroxylation is 2. The predicted molar refractivity (Wildman–Crippen MR) is 122 cm³/mol. The van der Waals surface area contributed by atoms with Crippen LogP contribution in [0.15, 0.2) is 53.7 Å². The summed E-state index contributed by atoms with van der Waals surface area (Å²) in [4.78, 5) is 4.32. The first-order chi connectivity index (χ1) is 15.8. The van der Waals surface area contributed by atoms with E-state index in [-0.39, 0.29) is 5.56 Å². The van der Waals surface area contributed by atoms with Gasteiger partial charge in [0.25, 0.3) is 0 Å². The summed E-state index contributed by atoms with van der Waals surface area (Å²) < 4.78 is 56.2. The Bertz CT molecular complexity index is 915. The molecule has 0 spiro atoms. The van der Waals surface area contributed by atoms with Crippen molar-refractivity contribution in [2.24, 2.45) is 5.16 Å². The van der Waals surface area contributed by atoms with Crippen LogP contribution in [-0.4, -0.2) is 45.4 Å². The van der Waals surface area contributed by atoms with Crippen molar-refractivity contribution in [3.63, 3.8) is 0 Å². The van der Waals surface area contributed by atoms with Crippen LogP contribution in [0.2, 0.25) is 0 Å². The number of rotatable bonds is 12. The van der Waals surface area contributed by atoms with Crippen molar-refractivity contribution in [2.45, 2.75) is 33.4 Å². The van der Waals surface area contributed by atoms with E-state index >= 15 is 0 Å². The number of benzene rings is 2. The summed E-state index contributed by atoms with van der Waals surface area (Å²) >= 11 is 0. The summed E-state index contributed by atoms with van der Waals surface area (Å²) in [5.41, 5.74) is 1.72. The van der Waals surface area contributed by atoms with Crippen molar-refractivity contribution in [1.29, 1.82) is 0 Å². The lowest BCUT2D eigenvalue weighted by Crippen LogP contribution is -2.24. The molecular weight excluding hydrogens is 435 g/mol. The molecule has 180 valence electrons. The van der Waals surface area contributed by atoms with Crippen molar-refractivity contribution in [3.05, 3.63) is 70.8 Å². The number of nitrogens with zero attached hydrogens (tertiary/aromatic N) is 1. The van der Waals surface area contributed by atoms with E-state index in [9.17, 15) is 13.2 Å². The Morgan fingerprint density at radius 1 is 0.970 bits per heavy atom. The van der Waals surface area contributed by atoms with Gasteiger partial charge in [0, 0.05) is 5.56 Å². The predicted octanol–water partition coefficient (Wildman–Crippen LogP) is 5.81. The summed E-state index contributed by atoms with van der Waals surface area (Å²) in [6.45, 7) is 7.62. The molecule has 2 rings (SSSR count). The average Bonchev–Trinajstić information content (AvgIpc) is 2.76. The van der Waals surface area contributed by atoms with E-state index in [0.29, 0.717) is 32.8 Å². The SMILES string of the molecule is C/C=C/COc1cc(C)c(OCCOCCc2ccc(/C(=N/OC)C(F)(F)F)cc2)c(C)c1. The van der Waals surface area contributed by atoms with Crippen molar-refractivity contribution in [1.82, 2.24) is 0 Å². The minimum atomic E-state index is -4.59. The molecule has 0 saturated heterocycles. The first kappa shape index (κ1) is 26.3. The summed E-state index contributed by atoms with van der Waals surface area (Å²) in [5.74, 6) is 1.61. The fourth-order valence-electron chi connectivity index (χ4n) is 3.15. The smallest absolute Gasteiger partial charge is 0.437 e. The molecule has 5 nitrogen and oxygen atoms in total. The fraction of sp³-hybridized carbons (Fsp3) is 0.400. The van der Waals surface area contributed by atoms with Crippen molar-refractivity contribution in [2.75, 3.05) is 33.5 Å². The molecule has 2 aromatic carbocycles. The van der Waals surface area contributed by atoms with Gasteiger partial charge in [-0.25, -0.2) is 0 Å². The lowest BCUT2D eigenvalue weighted by atomic mass is 10.1. The van der Waals surface area contributed by atoms with Crippen LogP contribution in [0.5, 0.6) is 11.5 Å². The highest BCUT2D eigenvalue weighted by Crippen LogP contribution is 2.28. The van der Waals surface area contributed by atoms with Gasteiger partial charge in [0.1, 0.15) is 31.8 Å². The molecule has 8 heteroatoms. The molecule has 0 amide bonds. The Morgan fingerprint density at radius 3 is 2.21 bits per heavy atom. The fourth-order valence-corrected chi connectivity index (χ4v) is 3.15. The third-order valence-corrected chi connectivity index (χ3v) is 4.70. The normalized spacial score (nSPS) is 12.3. The van der Waals surface area contributed by atoms with Crippen LogP contribution in [0, 0.1) is 13.8 Å². The zero-order valence-corrected chi connectivity index (χ0v) is 19.4. The molecule has 0 aromatic heterocycles. The van der Waals surface area contributed by atoms with Crippen molar-refractivity contribution in [3.8, 4) is 11.5 Å². The number of halogens is 3. The molecule has 0 atom stereocenters. The topological polar surface area (TPSA) is 49.3 Å². The third-order valence-electron chi connectivity index (χ3n) is 4.70. The quantitative estimate of drug-likeness (QED) is 0.172. The molecule has 0 radical (unpaired) electrons. The van der Waals surface area contributed by atoms with E-state index in [4.69, 9.17) is 14.2 Å². The van der Waals surface area contributed by atoms with Gasteiger partial charge in [0.15, 0.2) is 5.71 Å². The third kappa shape index (κ3) is 8.46. The van der Waals surface area contributed by atoms with Crippen molar-refractivity contribution >= 4 is 5.71 Å². The second-order valence-electron chi connectivity index (χ2n) is 7.29. The van der Waals surface area contributed by atoms with Gasteiger partial charge in [-0.1, -0.05) is 41.6 Å². The molecule has 0 heterocycles. The van der Waals surface area contributed by atoms with E-state index in [1.165, 1.54) is 12.1 Å². The van der Waals surface area contributed by atoms with Crippen LogP contribution in [0.4, 0.5) is 13.2 Å². The van der Waals surface area contributed by atoms with Gasteiger partial charge < -0.3 is 19.0 Å². The number of oxime groups is 1. The molecule has 0 bridgehead atoms. The summed E-state index contributed by atoms with van der Waals surface area (Å²) in [5, 5.41) is 3.09. The Hall–Kier alpha value is -3.00. The van der Waals surface area contributed by atoms with E-state index in [1.807, 2.05) is 45.1 Å². The maximum atomic E-state index is 13.0. The van der Waals surface area contributed by atoms with E-state index in [2.05, 4.69) is 9.99 Å². The largest absolute Gasteiger partial charge is 0.491 e. The number of hydrogen-bond acceptors (Lipinski definition) is 5. The standard InChI is InChI=1S/C25H30F3NO4/c1-5-6-12-32-22-16-18(2)23(19(3)17-22)33-15-14-31-13-11-20-7-9-21(10-8-20)24(29-30-4)25(26,27)28/h5-10,16-17H,11-15H2,1-4H3/b6-5+,29-24-. The Morgan fingerprint density at radius 2 is 1.64 bits per heavy atom. The molecule has 33 heavy (non-hydrogen) atoms. The lowest BCUT2D eigenvalue weighted by Gasteiger charge is -2.14. The number of ether oxygens (including phenoxy) is 3. The van der Waals surface area contributed by atoms with E-state index in [1.54, 1.807) is 12.1 Å². The minimum absolute atomic E-state index is 0.0496. The highest BCUT2D eigenvalue weighted by molar-refractivity contribution is 6.04. The van der Waals surface area contributed by atoms with Crippen LogP contribution in [0.3, 0.4) is 0 Å². The first-order valence-electron chi connectivity index (χ1n) is 10.6. The summed E-state index contributed by atoms with van der Waals surface area (Å²) in [7, 11) is 1.08. The Kier molecular flexibility index (Phi) is 10.3. The van der Waals surface area contributed by atoms with Crippen LogP contribution in [-0.2, 0) is 16.0 Å². The zero-order chi connectivity index (χ0) is 24.3. The molecule has 0 aliphatic heterocycles. The van der Waals surface area contributed by atoms with Gasteiger partial charge in [0.2, 0.25) is 0 Å². The number of alkyl halides is 3. The molecule has 0 unspecified atom stereocenters. The second-order valence-corrected chi connectivity index (χ2v) is 7.29. The molecule has 0 fully saturated rings. The van der Waals surface area contributed by atoms with E-state index < -0.39 is 11.9 Å². The zero-order valence-electron chi connectivity index (χ0n) is 19.4. The summed E-state index contributed by atoms with van der Waals surface area (Å²) in [6, 6.07) is 9.88. The molecule has 0 aliphatic carbocycles.